The van der Waals surface area contributed by atoms with Gasteiger partial charge < -0.3 is 10.2 Å². The molecule has 1 aliphatic heterocycles. The second kappa shape index (κ2) is 6.68. The van der Waals surface area contributed by atoms with Gasteiger partial charge in [0.1, 0.15) is 0 Å². The van der Waals surface area contributed by atoms with Gasteiger partial charge in [0, 0.05) is 29.1 Å². The Morgan fingerprint density at radius 3 is 2.83 bits per heavy atom. The number of aromatic nitrogens is 1. The lowest BCUT2D eigenvalue weighted by Gasteiger charge is -2.16. The van der Waals surface area contributed by atoms with Crippen molar-refractivity contribution in [2.24, 2.45) is 5.92 Å². The highest BCUT2D eigenvalue weighted by Gasteiger charge is 2.34. The summed E-state index contributed by atoms with van der Waals surface area (Å²) in [4.78, 5) is 30.4. The van der Waals surface area contributed by atoms with Crippen LogP contribution in [-0.4, -0.2) is 23.3 Å². The summed E-state index contributed by atoms with van der Waals surface area (Å²) in [5.74, 6) is -0.490. The zero-order valence-electron chi connectivity index (χ0n) is 12.6. The Hall–Kier alpha value is -1.92. The number of anilines is 1. The highest BCUT2D eigenvalue weighted by atomic mass is 35.5. The predicted molar refractivity (Wildman–Crippen MR) is 90.6 cm³/mol. The highest BCUT2D eigenvalue weighted by Crippen LogP contribution is 2.26. The molecule has 1 fully saturated rings. The van der Waals surface area contributed by atoms with Gasteiger partial charge in [0.25, 0.3) is 0 Å². The molecule has 2 amide bonds. The number of nitrogens with zero attached hydrogens (tertiary/aromatic N) is 2. The third kappa shape index (κ3) is 3.71. The van der Waals surface area contributed by atoms with Crippen LogP contribution >= 0.6 is 22.9 Å². The van der Waals surface area contributed by atoms with Gasteiger partial charge in [-0.3, -0.25) is 9.59 Å². The average molecular weight is 350 g/mol. The number of hydrogen-bond donors (Lipinski definition) is 1. The molecule has 0 bridgehead atoms. The summed E-state index contributed by atoms with van der Waals surface area (Å²) in [6.45, 7) is 2.72. The zero-order valence-corrected chi connectivity index (χ0v) is 14.2. The minimum absolute atomic E-state index is 0.0445. The van der Waals surface area contributed by atoms with Crippen LogP contribution in [0.1, 0.15) is 17.1 Å². The van der Waals surface area contributed by atoms with Gasteiger partial charge in [0.2, 0.25) is 11.8 Å². The minimum atomic E-state index is -0.335. The number of hydrogen-bond acceptors (Lipinski definition) is 4. The van der Waals surface area contributed by atoms with Gasteiger partial charge in [0.15, 0.2) is 0 Å². The number of carbonyl (C=O) groups excluding carboxylic acids is 2. The summed E-state index contributed by atoms with van der Waals surface area (Å²) in [6, 6.07) is 7.06. The Kier molecular flexibility index (Phi) is 4.63. The monoisotopic (exact) mass is 349 g/mol. The summed E-state index contributed by atoms with van der Waals surface area (Å²) < 4.78 is 0. The molecule has 1 aliphatic rings. The van der Waals surface area contributed by atoms with Crippen LogP contribution in [0.3, 0.4) is 0 Å². The second-order valence-corrected chi connectivity index (χ2v) is 6.96. The number of halogens is 1. The molecule has 1 atom stereocenters. The topological polar surface area (TPSA) is 62.3 Å². The molecule has 1 N–H and O–H groups in total. The van der Waals surface area contributed by atoms with Crippen LogP contribution in [0.2, 0.25) is 5.02 Å². The number of carbonyl (C=O) groups is 2. The minimum Gasteiger partial charge on any atom is -0.350 e. The molecule has 3 rings (SSSR count). The van der Waals surface area contributed by atoms with Crippen LogP contribution in [-0.2, 0) is 16.1 Å². The quantitative estimate of drug-likeness (QED) is 0.923. The third-order valence-electron chi connectivity index (χ3n) is 3.74. The maximum Gasteiger partial charge on any atom is 0.227 e. The van der Waals surface area contributed by atoms with Gasteiger partial charge in [-0.05, 0) is 31.2 Å². The fourth-order valence-corrected chi connectivity index (χ4v) is 3.30. The van der Waals surface area contributed by atoms with Crippen molar-refractivity contribution < 1.29 is 9.59 Å². The summed E-state index contributed by atoms with van der Waals surface area (Å²) in [7, 11) is 0. The number of benzene rings is 1. The molecule has 5 nitrogen and oxygen atoms in total. The van der Waals surface area contributed by atoms with E-state index in [2.05, 4.69) is 10.3 Å². The van der Waals surface area contributed by atoms with Gasteiger partial charge in [-0.25, -0.2) is 4.98 Å². The van der Waals surface area contributed by atoms with Gasteiger partial charge >= 0.3 is 0 Å². The first kappa shape index (κ1) is 16.0. The van der Waals surface area contributed by atoms with Crippen LogP contribution in [0.4, 0.5) is 5.69 Å². The van der Waals surface area contributed by atoms with E-state index in [9.17, 15) is 9.59 Å². The molecular formula is C16H16ClN3O2S. The average Bonchev–Trinajstić information content (AvgIpc) is 3.12. The predicted octanol–water partition coefficient (Wildman–Crippen LogP) is 2.77. The lowest BCUT2D eigenvalue weighted by Crippen LogP contribution is -2.32. The van der Waals surface area contributed by atoms with Crippen LogP contribution < -0.4 is 10.2 Å². The first-order chi connectivity index (χ1) is 11.0. The van der Waals surface area contributed by atoms with Crippen molar-refractivity contribution in [1.29, 1.82) is 0 Å². The van der Waals surface area contributed by atoms with Gasteiger partial charge in [-0.1, -0.05) is 11.6 Å². The van der Waals surface area contributed by atoms with Crippen molar-refractivity contribution in [3.8, 4) is 0 Å². The smallest absolute Gasteiger partial charge is 0.227 e. The van der Waals surface area contributed by atoms with E-state index in [1.807, 2.05) is 12.3 Å². The molecule has 1 unspecified atom stereocenters. The molecule has 0 spiro atoms. The van der Waals surface area contributed by atoms with Crippen molar-refractivity contribution >= 4 is 40.4 Å². The molecule has 1 saturated heterocycles. The van der Waals surface area contributed by atoms with Crippen molar-refractivity contribution in [2.75, 3.05) is 11.4 Å². The fourth-order valence-electron chi connectivity index (χ4n) is 2.57. The summed E-state index contributed by atoms with van der Waals surface area (Å²) >= 11 is 7.41. The van der Waals surface area contributed by atoms with Crippen molar-refractivity contribution in [2.45, 2.75) is 19.9 Å². The Morgan fingerprint density at radius 1 is 1.43 bits per heavy atom. The van der Waals surface area contributed by atoms with E-state index < -0.39 is 0 Å². The number of amides is 2. The molecule has 0 saturated carbocycles. The maximum absolute atomic E-state index is 12.3. The second-order valence-electron chi connectivity index (χ2n) is 5.46. The van der Waals surface area contributed by atoms with E-state index in [0.717, 1.165) is 16.4 Å². The number of aryl methyl sites for hydroxylation is 1. The molecule has 2 heterocycles. The van der Waals surface area contributed by atoms with Gasteiger partial charge in [-0.2, -0.15) is 0 Å². The lowest BCUT2D eigenvalue weighted by atomic mass is 10.1. The largest absolute Gasteiger partial charge is 0.350 e. The molecule has 1 aromatic carbocycles. The van der Waals surface area contributed by atoms with Crippen LogP contribution in [0, 0.1) is 12.8 Å². The van der Waals surface area contributed by atoms with E-state index >= 15 is 0 Å². The van der Waals surface area contributed by atoms with Crippen molar-refractivity contribution in [3.05, 3.63) is 45.4 Å². The Labute approximate surface area is 143 Å². The van der Waals surface area contributed by atoms with Crippen molar-refractivity contribution in [1.82, 2.24) is 10.3 Å². The number of nitrogens with one attached hydrogen (secondary N) is 1. The Morgan fingerprint density at radius 2 is 2.17 bits per heavy atom. The van der Waals surface area contributed by atoms with Gasteiger partial charge in [-0.15, -0.1) is 11.3 Å². The molecule has 120 valence electrons. The molecule has 23 heavy (non-hydrogen) atoms. The molecule has 2 aromatic rings. The maximum atomic E-state index is 12.3. The van der Waals surface area contributed by atoms with E-state index in [1.165, 1.54) is 0 Å². The van der Waals surface area contributed by atoms with E-state index in [0.29, 0.717) is 18.1 Å². The molecule has 1 aromatic heterocycles. The molecule has 0 aliphatic carbocycles. The van der Waals surface area contributed by atoms with E-state index in [4.69, 9.17) is 11.6 Å². The molecule has 0 radical (unpaired) electrons. The van der Waals surface area contributed by atoms with Crippen LogP contribution in [0.25, 0.3) is 0 Å². The third-order valence-corrected chi connectivity index (χ3v) is 4.82. The SMILES string of the molecule is Cc1nc(CNC(=O)C2CC(=O)N(c3ccc(Cl)cc3)C2)cs1. The first-order valence-corrected chi connectivity index (χ1v) is 8.53. The van der Waals surface area contributed by atoms with Gasteiger partial charge in [0.05, 0.1) is 23.2 Å². The Bertz CT molecular complexity index is 729. The summed E-state index contributed by atoms with van der Waals surface area (Å²) in [6.07, 6.45) is 0.227. The molecule has 7 heteroatoms. The highest BCUT2D eigenvalue weighted by molar-refractivity contribution is 7.09. The fraction of sp³-hybridized carbons (Fsp3) is 0.312. The van der Waals surface area contributed by atoms with E-state index in [-0.39, 0.29) is 24.2 Å². The number of rotatable bonds is 4. The number of thiazole rings is 1. The summed E-state index contributed by atoms with van der Waals surface area (Å²) in [5, 5.41) is 6.38. The summed E-state index contributed by atoms with van der Waals surface area (Å²) in [5.41, 5.74) is 1.62. The lowest BCUT2D eigenvalue weighted by molar-refractivity contribution is -0.126. The standard InChI is InChI=1S/C16H16ClN3O2S/c1-10-19-13(9-23-10)7-18-16(22)11-6-15(21)20(8-11)14-4-2-12(17)3-5-14/h2-5,9,11H,6-8H2,1H3,(H,18,22). The normalized spacial score (nSPS) is 17.6. The van der Waals surface area contributed by atoms with Crippen molar-refractivity contribution in [3.63, 3.8) is 0 Å². The van der Waals surface area contributed by atoms with E-state index in [1.54, 1.807) is 40.5 Å². The molecular weight excluding hydrogens is 334 g/mol. The first-order valence-electron chi connectivity index (χ1n) is 7.27. The Balaban J connectivity index is 1.60. The zero-order chi connectivity index (χ0) is 16.4. The van der Waals surface area contributed by atoms with Crippen LogP contribution in [0.15, 0.2) is 29.6 Å². The van der Waals surface area contributed by atoms with Crippen LogP contribution in [0.5, 0.6) is 0 Å².